The number of nitrogens with zero attached hydrogens (tertiary/aromatic N) is 3. The van der Waals surface area contributed by atoms with E-state index in [1.807, 2.05) is 0 Å². The Morgan fingerprint density at radius 1 is 1.15 bits per heavy atom. The van der Waals surface area contributed by atoms with Gasteiger partial charge >= 0.3 is 24.5 Å². The van der Waals surface area contributed by atoms with Gasteiger partial charge in [-0.1, -0.05) is 18.2 Å². The maximum atomic E-state index is 14.8. The van der Waals surface area contributed by atoms with Crippen LogP contribution in [0.1, 0.15) is 49.0 Å². The van der Waals surface area contributed by atoms with Crippen LogP contribution >= 0.6 is 11.3 Å². The SMILES string of the molecule is CCOC(=O)N1c2ccc3ncsc3c2C(N(C(=O)OC)C(c2ccccc2C(F)(F)F)C(F)(F)F)CC1C. The van der Waals surface area contributed by atoms with Crippen LogP contribution in [0.25, 0.3) is 10.2 Å². The van der Waals surface area contributed by atoms with Crippen LogP contribution in [0.3, 0.4) is 0 Å². The van der Waals surface area contributed by atoms with Gasteiger partial charge < -0.3 is 9.47 Å². The molecule has 4 rings (SSSR count). The van der Waals surface area contributed by atoms with E-state index in [1.165, 1.54) is 16.5 Å². The fourth-order valence-corrected chi connectivity index (χ4v) is 5.86. The van der Waals surface area contributed by atoms with Crippen LogP contribution in [0.5, 0.6) is 0 Å². The van der Waals surface area contributed by atoms with E-state index in [-0.39, 0.29) is 24.3 Å². The Kier molecular flexibility index (Phi) is 7.70. The molecule has 14 heteroatoms. The molecule has 1 aromatic heterocycles. The summed E-state index contributed by atoms with van der Waals surface area (Å²) in [6.07, 6.45) is -13.0. The zero-order valence-corrected chi connectivity index (χ0v) is 21.7. The molecule has 39 heavy (non-hydrogen) atoms. The number of amides is 2. The van der Waals surface area contributed by atoms with E-state index in [1.54, 1.807) is 19.9 Å². The van der Waals surface area contributed by atoms with Gasteiger partial charge in [-0.3, -0.25) is 9.80 Å². The zero-order valence-electron chi connectivity index (χ0n) is 20.8. The Labute approximate surface area is 222 Å². The molecule has 0 saturated heterocycles. The van der Waals surface area contributed by atoms with Crippen molar-refractivity contribution in [2.45, 2.75) is 50.7 Å². The van der Waals surface area contributed by atoms with Crippen molar-refractivity contribution < 1.29 is 45.4 Å². The molecule has 0 aliphatic carbocycles. The van der Waals surface area contributed by atoms with E-state index in [4.69, 9.17) is 9.47 Å². The highest BCUT2D eigenvalue weighted by Crippen LogP contribution is 2.52. The van der Waals surface area contributed by atoms with Crippen molar-refractivity contribution in [1.82, 2.24) is 9.88 Å². The minimum absolute atomic E-state index is 0.0300. The van der Waals surface area contributed by atoms with Gasteiger partial charge in [0, 0.05) is 11.6 Å². The summed E-state index contributed by atoms with van der Waals surface area (Å²) in [6.45, 7) is 3.17. The lowest BCUT2D eigenvalue weighted by Crippen LogP contribution is -2.51. The molecule has 0 N–H and O–H groups in total. The number of rotatable bonds is 4. The molecule has 2 aromatic carbocycles. The van der Waals surface area contributed by atoms with Gasteiger partial charge in [-0.2, -0.15) is 26.3 Å². The molecule has 0 bridgehead atoms. The maximum absolute atomic E-state index is 14.8. The molecule has 0 saturated carbocycles. The molecule has 1 aliphatic rings. The summed E-state index contributed by atoms with van der Waals surface area (Å²) in [7, 11) is 0.851. The van der Waals surface area contributed by atoms with Gasteiger partial charge in [0.05, 0.1) is 46.7 Å². The van der Waals surface area contributed by atoms with Crippen LogP contribution in [-0.4, -0.2) is 48.0 Å². The van der Waals surface area contributed by atoms with Crippen molar-refractivity contribution >= 4 is 39.4 Å². The highest BCUT2D eigenvalue weighted by Gasteiger charge is 2.54. The molecule has 0 fully saturated rings. The molecule has 3 aromatic rings. The largest absolute Gasteiger partial charge is 0.453 e. The van der Waals surface area contributed by atoms with Gasteiger partial charge in [-0.25, -0.2) is 14.6 Å². The highest BCUT2D eigenvalue weighted by molar-refractivity contribution is 7.17. The topological polar surface area (TPSA) is 72.0 Å². The lowest BCUT2D eigenvalue weighted by atomic mass is 9.88. The number of aromatic nitrogens is 1. The second kappa shape index (κ2) is 10.5. The number of thiazole rings is 1. The molecule has 1 aliphatic heterocycles. The summed E-state index contributed by atoms with van der Waals surface area (Å²) in [6, 6.07) is 1.01. The Morgan fingerprint density at radius 3 is 2.46 bits per heavy atom. The Balaban J connectivity index is 2.01. The zero-order chi connectivity index (χ0) is 28.7. The molecule has 3 atom stereocenters. The van der Waals surface area contributed by atoms with Gasteiger partial charge in [-0.15, -0.1) is 11.3 Å². The molecule has 0 radical (unpaired) electrons. The minimum atomic E-state index is -5.33. The maximum Gasteiger partial charge on any atom is 0.416 e. The Hall–Kier alpha value is -3.55. The van der Waals surface area contributed by atoms with Crippen LogP contribution in [0.2, 0.25) is 0 Å². The van der Waals surface area contributed by atoms with Crippen LogP contribution in [0.15, 0.2) is 41.9 Å². The molecular formula is C25H23F6N3O4S. The highest BCUT2D eigenvalue weighted by atomic mass is 32.1. The lowest BCUT2D eigenvalue weighted by molar-refractivity contribution is -0.190. The predicted octanol–water partition coefficient (Wildman–Crippen LogP) is 7.48. The molecule has 3 unspecified atom stereocenters. The Bertz CT molecular complexity index is 1380. The van der Waals surface area contributed by atoms with E-state index in [2.05, 4.69) is 4.98 Å². The van der Waals surface area contributed by atoms with E-state index < -0.39 is 53.8 Å². The first-order valence-electron chi connectivity index (χ1n) is 11.7. The number of anilines is 1. The van der Waals surface area contributed by atoms with Gasteiger partial charge in [0.1, 0.15) is 0 Å². The summed E-state index contributed by atoms with van der Waals surface area (Å²) in [4.78, 5) is 31.8. The predicted molar refractivity (Wildman–Crippen MR) is 130 cm³/mol. The summed E-state index contributed by atoms with van der Waals surface area (Å²) in [5, 5.41) is 0. The van der Waals surface area contributed by atoms with Gasteiger partial charge in [0.25, 0.3) is 0 Å². The molecule has 0 spiro atoms. The average Bonchev–Trinajstić information content (AvgIpc) is 3.34. The smallest absolute Gasteiger partial charge is 0.416 e. The summed E-state index contributed by atoms with van der Waals surface area (Å²) < 4.78 is 96.4. The number of benzene rings is 2. The van der Waals surface area contributed by atoms with Gasteiger partial charge in [0.15, 0.2) is 6.04 Å². The fourth-order valence-electron chi connectivity index (χ4n) is 4.97. The molecule has 7 nitrogen and oxygen atoms in total. The number of hydrogen-bond donors (Lipinski definition) is 0. The summed E-state index contributed by atoms with van der Waals surface area (Å²) in [5.41, 5.74) is -0.572. The minimum Gasteiger partial charge on any atom is -0.453 e. The van der Waals surface area contributed by atoms with Crippen LogP contribution in [0, 0.1) is 0 Å². The van der Waals surface area contributed by atoms with Crippen molar-refractivity contribution in [3.05, 3.63) is 58.6 Å². The molecule has 2 heterocycles. The van der Waals surface area contributed by atoms with E-state index >= 15 is 0 Å². The first-order chi connectivity index (χ1) is 18.3. The van der Waals surface area contributed by atoms with Crippen molar-refractivity contribution in [3.63, 3.8) is 0 Å². The van der Waals surface area contributed by atoms with Gasteiger partial charge in [0.2, 0.25) is 0 Å². The van der Waals surface area contributed by atoms with E-state index in [9.17, 15) is 35.9 Å². The third-order valence-electron chi connectivity index (χ3n) is 6.45. The van der Waals surface area contributed by atoms with Crippen LogP contribution in [0.4, 0.5) is 41.6 Å². The molecule has 210 valence electrons. The van der Waals surface area contributed by atoms with E-state index in [0.717, 1.165) is 30.6 Å². The first kappa shape index (κ1) is 28.5. The number of ether oxygens (including phenoxy) is 2. The number of carbonyl (C=O) groups excluding carboxylic acids is 2. The molecule has 2 amide bonds. The van der Waals surface area contributed by atoms with Crippen molar-refractivity contribution in [3.8, 4) is 0 Å². The van der Waals surface area contributed by atoms with Crippen LogP contribution < -0.4 is 4.90 Å². The number of fused-ring (bicyclic) bond motifs is 3. The van der Waals surface area contributed by atoms with Crippen molar-refractivity contribution in [2.24, 2.45) is 0 Å². The standard InChI is InChI=1S/C25H23F6N3O4S/c1-4-38-23(36)33-13(2)11-18(19-17(33)10-9-16-20(19)39-12-32-16)34(22(35)37-3)21(25(29,30)31)14-7-5-6-8-15(14)24(26,27)28/h5-10,12-13,18,21H,4,11H2,1-3H3. The Morgan fingerprint density at radius 2 is 1.85 bits per heavy atom. The van der Waals surface area contributed by atoms with Crippen LogP contribution in [-0.2, 0) is 15.7 Å². The average molecular weight is 576 g/mol. The van der Waals surface area contributed by atoms with E-state index in [0.29, 0.717) is 27.2 Å². The lowest BCUT2D eigenvalue weighted by Gasteiger charge is -2.45. The first-order valence-corrected chi connectivity index (χ1v) is 12.6. The second-order valence-electron chi connectivity index (χ2n) is 8.77. The van der Waals surface area contributed by atoms with Gasteiger partial charge in [-0.05, 0) is 44.0 Å². The number of carbonyl (C=O) groups is 2. The summed E-state index contributed by atoms with van der Waals surface area (Å²) in [5.74, 6) is 0. The normalized spacial score (nSPS) is 18.4. The molecular weight excluding hydrogens is 552 g/mol. The summed E-state index contributed by atoms with van der Waals surface area (Å²) >= 11 is 1.06. The van der Waals surface area contributed by atoms with Crippen molar-refractivity contribution in [1.29, 1.82) is 0 Å². The number of hydrogen-bond acceptors (Lipinski definition) is 6. The quantitative estimate of drug-likeness (QED) is 0.302. The third kappa shape index (κ3) is 5.21. The fraction of sp³-hybridized carbons (Fsp3) is 0.400. The van der Waals surface area contributed by atoms with Crippen molar-refractivity contribution in [2.75, 3.05) is 18.6 Å². The second-order valence-corrected chi connectivity index (χ2v) is 9.63. The number of methoxy groups -OCH3 is 1. The number of alkyl halides is 6. The third-order valence-corrected chi connectivity index (χ3v) is 7.32. The number of halogens is 6. The monoisotopic (exact) mass is 575 g/mol.